The van der Waals surface area contributed by atoms with Gasteiger partial charge in [0.1, 0.15) is 0 Å². The lowest BCUT2D eigenvalue weighted by atomic mass is 9.80. The molecule has 13 heavy (non-hydrogen) atoms. The van der Waals surface area contributed by atoms with E-state index < -0.39 is 0 Å². The van der Waals surface area contributed by atoms with Gasteiger partial charge >= 0.3 is 0 Å². The largest absolute Gasteiger partial charge is 0.330 e. The summed E-state index contributed by atoms with van der Waals surface area (Å²) < 4.78 is 0. The predicted octanol–water partition coefficient (Wildman–Crippen LogP) is 1.61. The molecule has 1 heterocycles. The molecule has 3 N–H and O–H groups in total. The molecule has 0 aliphatic carbocycles. The van der Waals surface area contributed by atoms with Crippen molar-refractivity contribution in [3.8, 4) is 0 Å². The van der Waals surface area contributed by atoms with E-state index in [1.54, 1.807) is 0 Å². The molecule has 0 saturated carbocycles. The molecule has 1 atom stereocenters. The highest BCUT2D eigenvalue weighted by Crippen LogP contribution is 2.26. The van der Waals surface area contributed by atoms with E-state index in [0.29, 0.717) is 0 Å². The van der Waals surface area contributed by atoms with Crippen molar-refractivity contribution < 1.29 is 0 Å². The van der Waals surface area contributed by atoms with Crippen LogP contribution in [0.3, 0.4) is 0 Å². The number of hydrogen-bond donors (Lipinski definition) is 2. The van der Waals surface area contributed by atoms with Crippen LogP contribution >= 0.6 is 0 Å². The molecule has 1 aliphatic heterocycles. The van der Waals surface area contributed by atoms with Crippen molar-refractivity contribution in [1.29, 1.82) is 0 Å². The molecule has 2 nitrogen and oxygen atoms in total. The van der Waals surface area contributed by atoms with Crippen molar-refractivity contribution in [1.82, 2.24) is 5.32 Å². The van der Waals surface area contributed by atoms with Crippen molar-refractivity contribution in [3.63, 3.8) is 0 Å². The maximum absolute atomic E-state index is 5.83. The summed E-state index contributed by atoms with van der Waals surface area (Å²) in [5.41, 5.74) is 5.83. The second kappa shape index (κ2) is 5.61. The van der Waals surface area contributed by atoms with Gasteiger partial charge in [-0.1, -0.05) is 13.8 Å². The number of nitrogens with two attached hydrogens (primary N) is 1. The van der Waals surface area contributed by atoms with Crippen molar-refractivity contribution in [2.45, 2.75) is 33.1 Å². The molecule has 1 aliphatic rings. The van der Waals surface area contributed by atoms with E-state index in [4.69, 9.17) is 5.73 Å². The van der Waals surface area contributed by atoms with Crippen LogP contribution < -0.4 is 11.1 Å². The molecule has 78 valence electrons. The van der Waals surface area contributed by atoms with Crippen LogP contribution in [0.15, 0.2) is 0 Å². The average molecular weight is 184 g/mol. The van der Waals surface area contributed by atoms with E-state index in [1.165, 1.54) is 32.4 Å². The van der Waals surface area contributed by atoms with Crippen molar-refractivity contribution in [2.24, 2.45) is 23.5 Å². The summed E-state index contributed by atoms with van der Waals surface area (Å²) in [5, 5.41) is 3.41. The van der Waals surface area contributed by atoms with Gasteiger partial charge in [0.2, 0.25) is 0 Å². The first-order valence-corrected chi connectivity index (χ1v) is 5.64. The van der Waals surface area contributed by atoms with Gasteiger partial charge in [0, 0.05) is 0 Å². The highest BCUT2D eigenvalue weighted by atomic mass is 14.9. The fraction of sp³-hybridized carbons (Fsp3) is 1.00. The van der Waals surface area contributed by atoms with Gasteiger partial charge in [-0.3, -0.25) is 0 Å². The van der Waals surface area contributed by atoms with Crippen LogP contribution in [0.2, 0.25) is 0 Å². The Morgan fingerprint density at radius 3 is 2.38 bits per heavy atom. The summed E-state index contributed by atoms with van der Waals surface area (Å²) in [7, 11) is 0. The Hall–Kier alpha value is -0.0800. The molecular formula is C11H24N2. The third-order valence-corrected chi connectivity index (χ3v) is 3.13. The first kappa shape index (κ1) is 11.0. The SMILES string of the molecule is CC(C)CC(CN)C1CCNCC1. The summed E-state index contributed by atoms with van der Waals surface area (Å²) in [6.07, 6.45) is 3.96. The number of piperidine rings is 1. The van der Waals surface area contributed by atoms with E-state index in [-0.39, 0.29) is 0 Å². The van der Waals surface area contributed by atoms with E-state index >= 15 is 0 Å². The first-order valence-electron chi connectivity index (χ1n) is 5.64. The molecule has 0 aromatic rings. The van der Waals surface area contributed by atoms with Gasteiger partial charge in [-0.2, -0.15) is 0 Å². The number of nitrogens with one attached hydrogen (secondary N) is 1. The molecule has 0 radical (unpaired) electrons. The Morgan fingerprint density at radius 2 is 1.92 bits per heavy atom. The summed E-state index contributed by atoms with van der Waals surface area (Å²) in [4.78, 5) is 0. The van der Waals surface area contributed by atoms with Crippen molar-refractivity contribution in [2.75, 3.05) is 19.6 Å². The molecule has 1 rings (SSSR count). The number of hydrogen-bond acceptors (Lipinski definition) is 2. The third-order valence-electron chi connectivity index (χ3n) is 3.13. The van der Waals surface area contributed by atoms with Gasteiger partial charge < -0.3 is 11.1 Å². The Morgan fingerprint density at radius 1 is 1.31 bits per heavy atom. The Labute approximate surface area is 82.3 Å². The normalized spacial score (nSPS) is 22.2. The molecule has 2 heteroatoms. The van der Waals surface area contributed by atoms with Gasteiger partial charge in [-0.05, 0) is 56.7 Å². The van der Waals surface area contributed by atoms with E-state index in [0.717, 1.165) is 24.3 Å². The summed E-state index contributed by atoms with van der Waals surface area (Å²) >= 11 is 0. The summed E-state index contributed by atoms with van der Waals surface area (Å²) in [6.45, 7) is 7.86. The zero-order valence-corrected chi connectivity index (χ0v) is 9.05. The van der Waals surface area contributed by atoms with Gasteiger partial charge in [0.15, 0.2) is 0 Å². The second-order valence-electron chi connectivity index (χ2n) is 4.71. The minimum absolute atomic E-state index is 0.766. The quantitative estimate of drug-likeness (QED) is 0.696. The zero-order chi connectivity index (χ0) is 9.68. The van der Waals surface area contributed by atoms with Crippen LogP contribution in [0.5, 0.6) is 0 Å². The summed E-state index contributed by atoms with van der Waals surface area (Å²) in [5.74, 6) is 2.44. The molecule has 0 aromatic heterocycles. The topological polar surface area (TPSA) is 38.0 Å². The van der Waals surface area contributed by atoms with Crippen LogP contribution in [-0.2, 0) is 0 Å². The fourth-order valence-corrected chi connectivity index (χ4v) is 2.40. The summed E-state index contributed by atoms with van der Waals surface area (Å²) in [6, 6.07) is 0. The van der Waals surface area contributed by atoms with E-state index in [1.807, 2.05) is 0 Å². The predicted molar refractivity (Wildman–Crippen MR) is 57.6 cm³/mol. The Kier molecular flexibility index (Phi) is 4.74. The highest BCUT2D eigenvalue weighted by molar-refractivity contribution is 4.77. The lowest BCUT2D eigenvalue weighted by Crippen LogP contribution is -2.35. The maximum Gasteiger partial charge on any atom is -0.00461 e. The van der Waals surface area contributed by atoms with Crippen LogP contribution in [0, 0.1) is 17.8 Å². The average Bonchev–Trinajstić information content (AvgIpc) is 2.15. The molecule has 1 unspecified atom stereocenters. The van der Waals surface area contributed by atoms with Crippen LogP contribution in [0.1, 0.15) is 33.1 Å². The lowest BCUT2D eigenvalue weighted by Gasteiger charge is -2.30. The molecule has 1 saturated heterocycles. The monoisotopic (exact) mass is 184 g/mol. The zero-order valence-electron chi connectivity index (χ0n) is 9.05. The van der Waals surface area contributed by atoms with Crippen LogP contribution in [-0.4, -0.2) is 19.6 Å². The van der Waals surface area contributed by atoms with E-state index in [2.05, 4.69) is 19.2 Å². The molecule has 0 amide bonds. The van der Waals surface area contributed by atoms with Crippen molar-refractivity contribution in [3.05, 3.63) is 0 Å². The van der Waals surface area contributed by atoms with Crippen molar-refractivity contribution >= 4 is 0 Å². The van der Waals surface area contributed by atoms with Crippen LogP contribution in [0.25, 0.3) is 0 Å². The molecule has 0 aromatic carbocycles. The maximum atomic E-state index is 5.83. The second-order valence-corrected chi connectivity index (χ2v) is 4.71. The first-order chi connectivity index (χ1) is 6.24. The Balaban J connectivity index is 2.34. The molecular weight excluding hydrogens is 160 g/mol. The van der Waals surface area contributed by atoms with Gasteiger partial charge in [0.25, 0.3) is 0 Å². The van der Waals surface area contributed by atoms with Gasteiger partial charge in [-0.15, -0.1) is 0 Å². The van der Waals surface area contributed by atoms with Gasteiger partial charge in [0.05, 0.1) is 0 Å². The fourth-order valence-electron chi connectivity index (χ4n) is 2.40. The number of rotatable bonds is 4. The van der Waals surface area contributed by atoms with Crippen LogP contribution in [0.4, 0.5) is 0 Å². The van der Waals surface area contributed by atoms with Gasteiger partial charge in [-0.25, -0.2) is 0 Å². The smallest absolute Gasteiger partial charge is 0.00461 e. The Bertz CT molecular complexity index is 128. The van der Waals surface area contributed by atoms with E-state index in [9.17, 15) is 0 Å². The molecule has 0 bridgehead atoms. The lowest BCUT2D eigenvalue weighted by molar-refractivity contribution is 0.232. The highest BCUT2D eigenvalue weighted by Gasteiger charge is 2.22. The minimum Gasteiger partial charge on any atom is -0.330 e. The molecule has 1 fully saturated rings. The third kappa shape index (κ3) is 3.65. The standard InChI is InChI=1S/C11H24N2/c1-9(2)7-11(8-12)10-3-5-13-6-4-10/h9-11,13H,3-8,12H2,1-2H3. The minimum atomic E-state index is 0.766. The molecule has 0 spiro atoms.